The minimum absolute atomic E-state index is 0.0410. The SMILES string of the molecule is O=C(CCCNCCOc1ccc(C(=C(CC(F)(F)F)c2ccccc2)c2ccc3n[nH]c(F)c3c2)cn1)N1CCCC1. The fourth-order valence-electron chi connectivity index (χ4n) is 5.28. The molecule has 1 fully saturated rings. The van der Waals surface area contributed by atoms with Gasteiger partial charge in [0.2, 0.25) is 17.7 Å². The molecule has 2 aromatic carbocycles. The Kier molecular flexibility index (Phi) is 9.71. The number of amides is 1. The molecule has 1 aliphatic heterocycles. The average Bonchev–Trinajstić information content (AvgIpc) is 3.67. The van der Waals surface area contributed by atoms with Crippen LogP contribution in [0.4, 0.5) is 17.6 Å². The van der Waals surface area contributed by atoms with E-state index in [4.69, 9.17) is 4.74 Å². The van der Waals surface area contributed by atoms with Gasteiger partial charge in [-0.1, -0.05) is 36.4 Å². The number of allylic oxidation sites excluding steroid dienone is 1. The molecule has 0 atom stereocenters. The number of aromatic nitrogens is 3. The third-order valence-corrected chi connectivity index (χ3v) is 7.35. The first kappa shape index (κ1) is 30.2. The summed E-state index contributed by atoms with van der Waals surface area (Å²) in [6.07, 6.45) is -0.789. The number of carbonyl (C=O) groups is 1. The van der Waals surface area contributed by atoms with Crippen molar-refractivity contribution in [2.45, 2.75) is 38.3 Å². The first-order chi connectivity index (χ1) is 20.8. The van der Waals surface area contributed by atoms with Gasteiger partial charge in [-0.3, -0.25) is 9.89 Å². The van der Waals surface area contributed by atoms with Crippen molar-refractivity contribution in [3.8, 4) is 5.88 Å². The van der Waals surface area contributed by atoms with E-state index >= 15 is 0 Å². The van der Waals surface area contributed by atoms with Crippen molar-refractivity contribution in [1.29, 1.82) is 0 Å². The van der Waals surface area contributed by atoms with Gasteiger partial charge in [-0.15, -0.1) is 0 Å². The molecule has 2 aromatic heterocycles. The van der Waals surface area contributed by atoms with Crippen LogP contribution in [0.1, 0.15) is 48.8 Å². The van der Waals surface area contributed by atoms with E-state index in [0.717, 1.165) is 32.4 Å². The number of benzene rings is 2. The first-order valence-electron chi connectivity index (χ1n) is 14.4. The molecule has 0 bridgehead atoms. The lowest BCUT2D eigenvalue weighted by Crippen LogP contribution is -2.29. The molecule has 5 rings (SSSR count). The summed E-state index contributed by atoms with van der Waals surface area (Å²) in [4.78, 5) is 18.4. The van der Waals surface area contributed by atoms with E-state index in [1.54, 1.807) is 54.6 Å². The molecule has 0 spiro atoms. The number of aromatic amines is 1. The lowest BCUT2D eigenvalue weighted by molar-refractivity contribution is -0.130. The topological polar surface area (TPSA) is 83.1 Å². The summed E-state index contributed by atoms with van der Waals surface area (Å²) in [6, 6.07) is 16.3. The monoisotopic (exact) mass is 595 g/mol. The summed E-state index contributed by atoms with van der Waals surface area (Å²) < 4.78 is 61.8. The Balaban J connectivity index is 1.31. The molecule has 0 aliphatic carbocycles. The van der Waals surface area contributed by atoms with Crippen LogP contribution >= 0.6 is 0 Å². The molecule has 43 heavy (non-hydrogen) atoms. The Morgan fingerprint density at radius 1 is 0.977 bits per heavy atom. The van der Waals surface area contributed by atoms with Crippen molar-refractivity contribution in [2.24, 2.45) is 0 Å². The number of H-pyrrole nitrogens is 1. The number of nitrogens with zero attached hydrogens (tertiary/aromatic N) is 3. The molecule has 226 valence electrons. The summed E-state index contributed by atoms with van der Waals surface area (Å²) in [5, 5.41) is 9.60. The number of halogens is 4. The number of hydrogen-bond acceptors (Lipinski definition) is 5. The number of alkyl halides is 3. The van der Waals surface area contributed by atoms with E-state index in [1.807, 2.05) is 4.90 Å². The highest BCUT2D eigenvalue weighted by atomic mass is 19.4. The maximum Gasteiger partial charge on any atom is 0.393 e. The summed E-state index contributed by atoms with van der Waals surface area (Å²) in [5.41, 5.74) is 1.93. The van der Waals surface area contributed by atoms with Crippen LogP contribution in [-0.4, -0.2) is 65.0 Å². The van der Waals surface area contributed by atoms with Gasteiger partial charge >= 0.3 is 6.18 Å². The number of rotatable bonds is 12. The molecule has 2 N–H and O–H groups in total. The Hall–Kier alpha value is -4.25. The normalized spacial score (nSPS) is 14.3. The molecule has 0 saturated carbocycles. The van der Waals surface area contributed by atoms with Crippen LogP contribution in [0.3, 0.4) is 0 Å². The van der Waals surface area contributed by atoms with Crippen molar-refractivity contribution < 1.29 is 27.1 Å². The molecule has 3 heterocycles. The molecule has 1 aliphatic rings. The zero-order chi connectivity index (χ0) is 30.2. The van der Waals surface area contributed by atoms with E-state index in [9.17, 15) is 22.4 Å². The summed E-state index contributed by atoms with van der Waals surface area (Å²) in [6.45, 7) is 3.28. The van der Waals surface area contributed by atoms with E-state index in [0.29, 0.717) is 54.2 Å². The predicted molar refractivity (Wildman–Crippen MR) is 157 cm³/mol. The third-order valence-electron chi connectivity index (χ3n) is 7.35. The van der Waals surface area contributed by atoms with Crippen molar-refractivity contribution in [1.82, 2.24) is 25.4 Å². The van der Waals surface area contributed by atoms with Gasteiger partial charge in [0.25, 0.3) is 0 Å². The Morgan fingerprint density at radius 3 is 2.47 bits per heavy atom. The van der Waals surface area contributed by atoms with Gasteiger partial charge in [0.15, 0.2) is 0 Å². The lowest BCUT2D eigenvalue weighted by Gasteiger charge is -2.19. The largest absolute Gasteiger partial charge is 0.476 e. The molecule has 0 unspecified atom stereocenters. The van der Waals surface area contributed by atoms with Crippen LogP contribution in [0, 0.1) is 5.95 Å². The van der Waals surface area contributed by atoms with Crippen LogP contribution in [-0.2, 0) is 4.79 Å². The number of ether oxygens (including phenoxy) is 1. The zero-order valence-corrected chi connectivity index (χ0v) is 23.6. The molecular weight excluding hydrogens is 562 g/mol. The second kappa shape index (κ2) is 13.8. The molecular formula is C32H33F4N5O2. The quantitative estimate of drug-likeness (QED) is 0.113. The van der Waals surface area contributed by atoms with Gasteiger partial charge in [0.05, 0.1) is 17.3 Å². The number of hydrogen-bond donors (Lipinski definition) is 2. The molecule has 1 amide bonds. The van der Waals surface area contributed by atoms with Crippen molar-refractivity contribution in [3.63, 3.8) is 0 Å². The van der Waals surface area contributed by atoms with E-state index in [-0.39, 0.29) is 22.4 Å². The summed E-state index contributed by atoms with van der Waals surface area (Å²) in [7, 11) is 0. The maximum atomic E-state index is 14.4. The number of carbonyl (C=O) groups excluding carboxylic acids is 1. The Morgan fingerprint density at radius 2 is 1.74 bits per heavy atom. The lowest BCUT2D eigenvalue weighted by atomic mass is 9.88. The van der Waals surface area contributed by atoms with Crippen molar-refractivity contribution in [3.05, 3.63) is 89.5 Å². The fraction of sp³-hybridized carbons (Fsp3) is 0.344. The van der Waals surface area contributed by atoms with Crippen LogP contribution in [0.2, 0.25) is 0 Å². The smallest absolute Gasteiger partial charge is 0.393 e. The fourth-order valence-corrected chi connectivity index (χ4v) is 5.28. The molecule has 0 radical (unpaired) electrons. The molecule has 1 saturated heterocycles. The van der Waals surface area contributed by atoms with Crippen LogP contribution in [0.15, 0.2) is 66.9 Å². The zero-order valence-electron chi connectivity index (χ0n) is 23.6. The van der Waals surface area contributed by atoms with Crippen molar-refractivity contribution in [2.75, 3.05) is 32.8 Å². The molecule has 11 heteroatoms. The van der Waals surface area contributed by atoms with E-state index < -0.39 is 18.5 Å². The number of fused-ring (bicyclic) bond motifs is 1. The van der Waals surface area contributed by atoms with Crippen LogP contribution < -0.4 is 10.1 Å². The van der Waals surface area contributed by atoms with E-state index in [2.05, 4.69) is 20.5 Å². The standard InChI is InChI=1S/C32H33F4N5O2/c33-31-25-19-23(10-12-27(25)39-40-31)30(26(20-32(34,35)36)22-7-2-1-3-8-22)24-11-13-28(38-21-24)43-18-15-37-14-6-9-29(42)41-16-4-5-17-41/h1-3,7-8,10-13,19,21,37H,4-6,9,14-18,20H2,(H,39,40). The number of nitrogens with one attached hydrogen (secondary N) is 2. The number of pyridine rings is 1. The minimum atomic E-state index is -4.49. The van der Waals surface area contributed by atoms with Crippen LogP contribution in [0.5, 0.6) is 5.88 Å². The van der Waals surface area contributed by atoms with Gasteiger partial charge in [-0.05, 0) is 66.3 Å². The first-order valence-corrected chi connectivity index (χ1v) is 14.4. The highest BCUT2D eigenvalue weighted by Crippen LogP contribution is 2.40. The second-order valence-electron chi connectivity index (χ2n) is 10.5. The third kappa shape index (κ3) is 7.98. The van der Waals surface area contributed by atoms with Gasteiger partial charge in [-0.2, -0.15) is 22.7 Å². The van der Waals surface area contributed by atoms with Gasteiger partial charge in [-0.25, -0.2) is 4.98 Å². The molecule has 4 aromatic rings. The average molecular weight is 596 g/mol. The highest BCUT2D eigenvalue weighted by molar-refractivity contribution is 6.00. The summed E-state index contributed by atoms with van der Waals surface area (Å²) in [5.74, 6) is -0.141. The Labute approximate surface area is 247 Å². The number of likely N-dealkylation sites (tertiary alicyclic amines) is 1. The highest BCUT2D eigenvalue weighted by Gasteiger charge is 2.32. The van der Waals surface area contributed by atoms with Gasteiger partial charge in [0.1, 0.15) is 6.61 Å². The van der Waals surface area contributed by atoms with E-state index in [1.165, 1.54) is 12.3 Å². The maximum absolute atomic E-state index is 14.4. The summed E-state index contributed by atoms with van der Waals surface area (Å²) >= 11 is 0. The second-order valence-corrected chi connectivity index (χ2v) is 10.5. The Bertz CT molecular complexity index is 1550. The minimum Gasteiger partial charge on any atom is -0.476 e. The predicted octanol–water partition coefficient (Wildman–Crippen LogP) is 6.38. The van der Waals surface area contributed by atoms with Gasteiger partial charge < -0.3 is 15.0 Å². The molecule has 7 nitrogen and oxygen atoms in total. The van der Waals surface area contributed by atoms with Crippen molar-refractivity contribution >= 4 is 28.0 Å². The van der Waals surface area contributed by atoms with Gasteiger partial charge in [0, 0.05) is 43.9 Å². The van der Waals surface area contributed by atoms with Crippen LogP contribution in [0.25, 0.3) is 22.0 Å².